The smallest absolute Gasteiger partial charge is 0.408 e. The van der Waals surface area contributed by atoms with Crippen molar-refractivity contribution in [1.29, 1.82) is 0 Å². The number of ether oxygens (including phenoxy) is 1. The van der Waals surface area contributed by atoms with Crippen molar-refractivity contribution in [2.24, 2.45) is 11.0 Å². The Labute approximate surface area is 120 Å². The van der Waals surface area contributed by atoms with Gasteiger partial charge in [-0.05, 0) is 45.6 Å². The van der Waals surface area contributed by atoms with Gasteiger partial charge in [-0.1, -0.05) is 37.2 Å². The van der Waals surface area contributed by atoms with Gasteiger partial charge in [-0.25, -0.2) is 4.79 Å². The summed E-state index contributed by atoms with van der Waals surface area (Å²) in [7, 11) is 0. The van der Waals surface area contributed by atoms with E-state index in [1.807, 2.05) is 0 Å². The van der Waals surface area contributed by atoms with E-state index in [2.05, 4.69) is 15.3 Å². The molecule has 0 aromatic heterocycles. The highest BCUT2D eigenvalue weighted by molar-refractivity contribution is 5.68. The van der Waals surface area contributed by atoms with Crippen LogP contribution in [0.2, 0.25) is 0 Å². The van der Waals surface area contributed by atoms with Gasteiger partial charge in [0, 0.05) is 4.91 Å². The van der Waals surface area contributed by atoms with Gasteiger partial charge >= 0.3 is 6.09 Å². The lowest BCUT2D eigenvalue weighted by molar-refractivity contribution is 0.0447. The third-order valence-electron chi connectivity index (χ3n) is 3.45. The molecule has 0 spiro atoms. The zero-order valence-electron chi connectivity index (χ0n) is 13.0. The normalized spacial score (nSPS) is 19.6. The fourth-order valence-electron chi connectivity index (χ4n) is 2.69. The third-order valence-corrected chi connectivity index (χ3v) is 3.45. The van der Waals surface area contributed by atoms with Gasteiger partial charge in [0.05, 0.1) is 0 Å². The van der Waals surface area contributed by atoms with Crippen molar-refractivity contribution in [2.45, 2.75) is 77.5 Å². The summed E-state index contributed by atoms with van der Waals surface area (Å²) in [5.41, 5.74) is 7.26. The molecule has 1 N–H and O–H groups in total. The largest absolute Gasteiger partial charge is 0.444 e. The Bertz CT molecular complexity index is 379. The van der Waals surface area contributed by atoms with Crippen molar-refractivity contribution in [2.75, 3.05) is 0 Å². The molecule has 114 valence electrons. The van der Waals surface area contributed by atoms with Gasteiger partial charge in [0.25, 0.3) is 0 Å². The molecule has 1 aliphatic rings. The first kappa shape index (κ1) is 16.6. The number of amides is 1. The van der Waals surface area contributed by atoms with Crippen LogP contribution in [0.4, 0.5) is 4.79 Å². The monoisotopic (exact) mass is 282 g/mol. The molecule has 1 aliphatic carbocycles. The molecule has 0 aromatic carbocycles. The lowest BCUT2D eigenvalue weighted by atomic mass is 9.83. The average Bonchev–Trinajstić information content (AvgIpc) is 2.26. The number of azide groups is 1. The van der Waals surface area contributed by atoms with Crippen LogP contribution in [0.15, 0.2) is 5.11 Å². The fourth-order valence-corrected chi connectivity index (χ4v) is 2.69. The Hall–Kier alpha value is -1.42. The van der Waals surface area contributed by atoms with E-state index in [0.29, 0.717) is 12.3 Å². The van der Waals surface area contributed by atoms with Gasteiger partial charge < -0.3 is 10.1 Å². The minimum atomic E-state index is -0.918. The SMILES string of the molecule is CC(C)(C)OC(=O)N[C@](C)(CC1CCCCC1)N=[N+]=[N-]. The summed E-state index contributed by atoms with van der Waals surface area (Å²) in [5, 5.41) is 6.51. The van der Waals surface area contributed by atoms with Crippen LogP contribution in [-0.2, 0) is 4.74 Å². The molecule has 0 heterocycles. The number of nitrogens with zero attached hydrogens (tertiary/aromatic N) is 3. The zero-order chi connectivity index (χ0) is 15.2. The summed E-state index contributed by atoms with van der Waals surface area (Å²) in [6.45, 7) is 7.17. The van der Waals surface area contributed by atoms with E-state index in [4.69, 9.17) is 10.3 Å². The molecular weight excluding hydrogens is 256 g/mol. The number of rotatable bonds is 4. The van der Waals surface area contributed by atoms with Crippen LogP contribution in [0, 0.1) is 5.92 Å². The molecule has 6 nitrogen and oxygen atoms in total. The highest BCUT2D eigenvalue weighted by Gasteiger charge is 2.31. The van der Waals surface area contributed by atoms with E-state index >= 15 is 0 Å². The molecule has 1 fully saturated rings. The number of carbonyl (C=O) groups excluding carboxylic acids is 1. The summed E-state index contributed by atoms with van der Waals surface area (Å²) < 4.78 is 5.24. The molecule has 1 amide bonds. The van der Waals surface area contributed by atoms with Crippen LogP contribution >= 0.6 is 0 Å². The Balaban J connectivity index is 2.65. The lowest BCUT2D eigenvalue weighted by Crippen LogP contribution is -2.47. The van der Waals surface area contributed by atoms with Crippen LogP contribution < -0.4 is 5.32 Å². The van der Waals surface area contributed by atoms with Gasteiger partial charge in [0.1, 0.15) is 11.3 Å². The number of hydrogen-bond donors (Lipinski definition) is 1. The molecule has 1 saturated carbocycles. The van der Waals surface area contributed by atoms with Crippen LogP contribution in [0.25, 0.3) is 10.4 Å². The van der Waals surface area contributed by atoms with Crippen LogP contribution in [0.5, 0.6) is 0 Å². The minimum Gasteiger partial charge on any atom is -0.444 e. The van der Waals surface area contributed by atoms with E-state index < -0.39 is 17.4 Å². The van der Waals surface area contributed by atoms with Crippen LogP contribution in [0.3, 0.4) is 0 Å². The predicted molar refractivity (Wildman–Crippen MR) is 78.1 cm³/mol. The van der Waals surface area contributed by atoms with Crippen molar-refractivity contribution in [3.05, 3.63) is 10.4 Å². The maximum Gasteiger partial charge on any atom is 0.408 e. The second-order valence-corrected chi connectivity index (χ2v) is 6.80. The van der Waals surface area contributed by atoms with Crippen molar-refractivity contribution in [3.8, 4) is 0 Å². The Morgan fingerprint density at radius 2 is 1.90 bits per heavy atom. The first-order valence-electron chi connectivity index (χ1n) is 7.31. The Morgan fingerprint density at radius 1 is 1.30 bits per heavy atom. The van der Waals surface area contributed by atoms with Crippen molar-refractivity contribution < 1.29 is 9.53 Å². The second-order valence-electron chi connectivity index (χ2n) is 6.80. The number of carbonyl (C=O) groups is 1. The standard InChI is InChI=1S/C14H26N4O2/c1-13(2,3)20-12(19)16-14(4,17-18-15)10-11-8-6-5-7-9-11/h11H,5-10H2,1-4H3,(H,16,19)/t14-/m0/s1. The molecule has 0 saturated heterocycles. The van der Waals surface area contributed by atoms with E-state index in [0.717, 1.165) is 12.8 Å². The fraction of sp³-hybridized carbons (Fsp3) is 0.929. The number of nitrogens with one attached hydrogen (secondary N) is 1. The summed E-state index contributed by atoms with van der Waals surface area (Å²) in [6, 6.07) is 0. The van der Waals surface area contributed by atoms with Gasteiger partial charge in [-0.15, -0.1) is 0 Å². The average molecular weight is 282 g/mol. The van der Waals surface area contributed by atoms with Crippen LogP contribution in [-0.4, -0.2) is 17.4 Å². The molecular formula is C14H26N4O2. The van der Waals surface area contributed by atoms with Gasteiger partial charge in [0.2, 0.25) is 0 Å². The summed E-state index contributed by atoms with van der Waals surface area (Å²) in [5.74, 6) is 0.495. The molecule has 0 aliphatic heterocycles. The number of alkyl carbamates (subject to hydrolysis) is 1. The zero-order valence-corrected chi connectivity index (χ0v) is 13.0. The second kappa shape index (κ2) is 6.84. The van der Waals surface area contributed by atoms with Gasteiger partial charge in [-0.3, -0.25) is 0 Å². The van der Waals surface area contributed by atoms with Gasteiger partial charge in [-0.2, -0.15) is 0 Å². The van der Waals surface area contributed by atoms with Crippen molar-refractivity contribution in [1.82, 2.24) is 5.32 Å². The van der Waals surface area contributed by atoms with E-state index in [-0.39, 0.29) is 0 Å². The quantitative estimate of drug-likeness (QED) is 0.467. The van der Waals surface area contributed by atoms with E-state index in [1.54, 1.807) is 27.7 Å². The lowest BCUT2D eigenvalue weighted by Gasteiger charge is -2.32. The third kappa shape index (κ3) is 6.15. The van der Waals surface area contributed by atoms with Gasteiger partial charge in [0.15, 0.2) is 0 Å². The van der Waals surface area contributed by atoms with Crippen LogP contribution in [0.1, 0.15) is 66.2 Å². The molecule has 20 heavy (non-hydrogen) atoms. The highest BCUT2D eigenvalue weighted by Crippen LogP contribution is 2.31. The molecule has 6 heteroatoms. The first-order valence-corrected chi connectivity index (χ1v) is 7.31. The first-order chi connectivity index (χ1) is 9.24. The predicted octanol–water partition coefficient (Wildman–Crippen LogP) is 4.51. The Morgan fingerprint density at radius 3 is 2.40 bits per heavy atom. The van der Waals surface area contributed by atoms with Crippen molar-refractivity contribution >= 4 is 6.09 Å². The van der Waals surface area contributed by atoms with E-state index in [9.17, 15) is 4.79 Å². The molecule has 0 unspecified atom stereocenters. The summed E-state index contributed by atoms with van der Waals surface area (Å²) in [4.78, 5) is 14.8. The molecule has 0 bridgehead atoms. The number of hydrogen-bond acceptors (Lipinski definition) is 3. The minimum absolute atomic E-state index is 0.495. The topological polar surface area (TPSA) is 87.1 Å². The Kier molecular flexibility index (Phi) is 5.69. The molecule has 0 radical (unpaired) electrons. The maximum atomic E-state index is 11.9. The van der Waals surface area contributed by atoms with E-state index in [1.165, 1.54) is 19.3 Å². The summed E-state index contributed by atoms with van der Waals surface area (Å²) >= 11 is 0. The molecule has 1 atom stereocenters. The highest BCUT2D eigenvalue weighted by atomic mass is 16.6. The maximum absolute atomic E-state index is 11.9. The molecule has 0 aromatic rings. The summed E-state index contributed by atoms with van der Waals surface area (Å²) in [6.07, 6.45) is 6.08. The molecule has 1 rings (SSSR count). The van der Waals surface area contributed by atoms with Crippen molar-refractivity contribution in [3.63, 3.8) is 0 Å².